The molecule has 2 unspecified atom stereocenters. The molecule has 0 aromatic carbocycles. The maximum absolute atomic E-state index is 12.3. The molecule has 1 aliphatic carbocycles. The van der Waals surface area contributed by atoms with Crippen molar-refractivity contribution in [3.8, 4) is 0 Å². The largest absolute Gasteiger partial charge is 0.481 e. The molecule has 0 spiro atoms. The van der Waals surface area contributed by atoms with Crippen molar-refractivity contribution >= 4 is 17.9 Å². The van der Waals surface area contributed by atoms with Gasteiger partial charge in [-0.25, -0.2) is 4.79 Å². The van der Waals surface area contributed by atoms with Gasteiger partial charge in [-0.3, -0.25) is 9.59 Å². The number of fused-ring (bicyclic) bond motifs is 1. The molecule has 0 aromatic rings. The normalized spacial score (nSPS) is 30.1. The van der Waals surface area contributed by atoms with Crippen LogP contribution in [0.3, 0.4) is 0 Å². The molecule has 3 rings (SSSR count). The number of amides is 3. The Bertz CT molecular complexity index is 475. The van der Waals surface area contributed by atoms with Gasteiger partial charge in [0.25, 0.3) is 0 Å². The van der Waals surface area contributed by atoms with Gasteiger partial charge in [-0.15, -0.1) is 0 Å². The monoisotopic (exact) mass is 295 g/mol. The van der Waals surface area contributed by atoms with E-state index in [1.807, 2.05) is 0 Å². The molecule has 2 atom stereocenters. The summed E-state index contributed by atoms with van der Waals surface area (Å²) in [7, 11) is 0. The van der Waals surface area contributed by atoms with Crippen molar-refractivity contribution in [2.24, 2.45) is 11.3 Å². The maximum Gasteiger partial charge on any atom is 0.317 e. The molecule has 3 aliphatic rings. The zero-order valence-corrected chi connectivity index (χ0v) is 11.9. The number of carboxylic acids is 1. The fraction of sp³-hybridized carbons (Fsp3) is 0.786. The smallest absolute Gasteiger partial charge is 0.317 e. The molecule has 2 heterocycles. The number of nitrogens with one attached hydrogen (secondary N) is 2. The van der Waals surface area contributed by atoms with Crippen LogP contribution < -0.4 is 10.6 Å². The predicted molar refractivity (Wildman–Crippen MR) is 73.5 cm³/mol. The number of piperidine rings is 1. The molecule has 3 N–H and O–H groups in total. The van der Waals surface area contributed by atoms with E-state index in [-0.39, 0.29) is 30.4 Å². The van der Waals surface area contributed by atoms with Crippen LogP contribution in [0.15, 0.2) is 0 Å². The molecular weight excluding hydrogens is 274 g/mol. The van der Waals surface area contributed by atoms with Gasteiger partial charge in [0.15, 0.2) is 0 Å². The Hall–Kier alpha value is -1.79. The number of carbonyl (C=O) groups excluding carboxylic acids is 2. The summed E-state index contributed by atoms with van der Waals surface area (Å²) in [6.45, 7) is 1.31. The molecule has 2 saturated heterocycles. The van der Waals surface area contributed by atoms with E-state index in [9.17, 15) is 19.5 Å². The van der Waals surface area contributed by atoms with E-state index in [1.54, 1.807) is 4.90 Å². The predicted octanol–water partition coefficient (Wildman–Crippen LogP) is 0.161. The molecule has 7 heteroatoms. The Morgan fingerprint density at radius 2 is 2.14 bits per heavy atom. The Kier molecular flexibility index (Phi) is 3.51. The van der Waals surface area contributed by atoms with E-state index < -0.39 is 11.4 Å². The molecule has 3 amide bonds. The van der Waals surface area contributed by atoms with Gasteiger partial charge in [0.2, 0.25) is 5.91 Å². The van der Waals surface area contributed by atoms with Crippen LogP contribution in [0.4, 0.5) is 4.79 Å². The summed E-state index contributed by atoms with van der Waals surface area (Å²) in [5.41, 5.74) is -0.783. The highest BCUT2D eigenvalue weighted by Gasteiger charge is 2.46. The second-order valence-corrected chi connectivity index (χ2v) is 6.35. The zero-order valence-electron chi connectivity index (χ0n) is 11.9. The number of likely N-dealkylation sites (tertiary alicyclic amines) is 1. The number of urea groups is 1. The molecule has 0 bridgehead atoms. The lowest BCUT2D eigenvalue weighted by atomic mass is 9.69. The van der Waals surface area contributed by atoms with Crippen LogP contribution in [0, 0.1) is 11.3 Å². The number of rotatable bonds is 3. The van der Waals surface area contributed by atoms with E-state index in [2.05, 4.69) is 10.6 Å². The summed E-state index contributed by atoms with van der Waals surface area (Å²) in [4.78, 5) is 37.0. The fourth-order valence-corrected chi connectivity index (χ4v) is 3.62. The third kappa shape index (κ3) is 2.34. The van der Waals surface area contributed by atoms with Gasteiger partial charge in [0.05, 0.1) is 17.4 Å². The second-order valence-electron chi connectivity index (χ2n) is 6.35. The van der Waals surface area contributed by atoms with Crippen molar-refractivity contribution in [2.45, 2.75) is 38.1 Å². The highest BCUT2D eigenvalue weighted by molar-refractivity contribution is 5.84. The van der Waals surface area contributed by atoms with Crippen molar-refractivity contribution in [1.82, 2.24) is 15.5 Å². The molecule has 2 aliphatic heterocycles. The van der Waals surface area contributed by atoms with Gasteiger partial charge in [-0.2, -0.15) is 0 Å². The molecular formula is C14H21N3O4. The van der Waals surface area contributed by atoms with E-state index in [0.29, 0.717) is 25.9 Å². The van der Waals surface area contributed by atoms with Crippen LogP contribution in [0.2, 0.25) is 0 Å². The number of hydrogen-bond acceptors (Lipinski definition) is 3. The minimum Gasteiger partial charge on any atom is -0.481 e. The van der Waals surface area contributed by atoms with Crippen molar-refractivity contribution in [2.75, 3.05) is 19.6 Å². The SMILES string of the molecule is O=C1NCC2C1CCCN2C(=O)NCC1(C(=O)O)CCC1. The van der Waals surface area contributed by atoms with E-state index in [1.165, 1.54) is 0 Å². The fourth-order valence-electron chi connectivity index (χ4n) is 3.62. The van der Waals surface area contributed by atoms with Crippen LogP contribution >= 0.6 is 0 Å². The van der Waals surface area contributed by atoms with Gasteiger partial charge in [-0.05, 0) is 25.7 Å². The molecule has 1 saturated carbocycles. The quantitative estimate of drug-likeness (QED) is 0.690. The van der Waals surface area contributed by atoms with Crippen molar-refractivity contribution in [1.29, 1.82) is 0 Å². The third-order valence-corrected chi connectivity index (χ3v) is 5.20. The summed E-state index contributed by atoms with van der Waals surface area (Å²) in [6.07, 6.45) is 3.77. The standard InChI is InChI=1S/C14H21N3O4/c18-11-9-3-1-6-17(10(9)7-15-11)13(21)16-8-14(12(19)20)4-2-5-14/h9-10H,1-8H2,(H,15,18)(H,16,21)(H,19,20). The lowest BCUT2D eigenvalue weighted by Gasteiger charge is -2.40. The van der Waals surface area contributed by atoms with Crippen molar-refractivity contribution in [3.63, 3.8) is 0 Å². The Morgan fingerprint density at radius 3 is 2.76 bits per heavy atom. The Morgan fingerprint density at radius 1 is 1.38 bits per heavy atom. The topological polar surface area (TPSA) is 98.7 Å². The van der Waals surface area contributed by atoms with Crippen molar-refractivity contribution in [3.05, 3.63) is 0 Å². The number of carboxylic acid groups (broad SMARTS) is 1. The van der Waals surface area contributed by atoms with Crippen LogP contribution in [0.5, 0.6) is 0 Å². The second kappa shape index (κ2) is 5.20. The molecule has 21 heavy (non-hydrogen) atoms. The average Bonchev–Trinajstić information content (AvgIpc) is 2.79. The van der Waals surface area contributed by atoms with Crippen LogP contribution in [-0.2, 0) is 9.59 Å². The molecule has 116 valence electrons. The van der Waals surface area contributed by atoms with Gasteiger partial charge in [-0.1, -0.05) is 6.42 Å². The van der Waals surface area contributed by atoms with Gasteiger partial charge >= 0.3 is 12.0 Å². The molecule has 0 aromatic heterocycles. The third-order valence-electron chi connectivity index (χ3n) is 5.20. The summed E-state index contributed by atoms with van der Waals surface area (Å²) in [5.74, 6) is -0.914. The van der Waals surface area contributed by atoms with Crippen LogP contribution in [0.1, 0.15) is 32.1 Å². The Labute approximate surface area is 123 Å². The minimum atomic E-state index is -0.830. The van der Waals surface area contributed by atoms with Crippen molar-refractivity contribution < 1.29 is 19.5 Å². The summed E-state index contributed by atoms with van der Waals surface area (Å²) in [6, 6.07) is -0.331. The minimum absolute atomic E-state index is 0.0264. The highest BCUT2D eigenvalue weighted by atomic mass is 16.4. The maximum atomic E-state index is 12.3. The first kappa shape index (κ1) is 14.2. The first-order chi connectivity index (χ1) is 10.0. The van der Waals surface area contributed by atoms with Gasteiger partial charge < -0.3 is 20.6 Å². The first-order valence-electron chi connectivity index (χ1n) is 7.59. The van der Waals surface area contributed by atoms with Gasteiger partial charge in [0.1, 0.15) is 0 Å². The summed E-state index contributed by atoms with van der Waals surface area (Å²) < 4.78 is 0. The number of nitrogens with zero attached hydrogens (tertiary/aromatic N) is 1. The Balaban J connectivity index is 1.60. The molecule has 3 fully saturated rings. The van der Waals surface area contributed by atoms with E-state index >= 15 is 0 Å². The average molecular weight is 295 g/mol. The number of hydrogen-bond donors (Lipinski definition) is 3. The van der Waals surface area contributed by atoms with Crippen LogP contribution in [0.25, 0.3) is 0 Å². The van der Waals surface area contributed by atoms with Crippen LogP contribution in [-0.4, -0.2) is 53.6 Å². The molecule has 0 radical (unpaired) electrons. The number of carbonyl (C=O) groups is 3. The first-order valence-corrected chi connectivity index (χ1v) is 7.59. The zero-order chi connectivity index (χ0) is 15.0. The summed E-state index contributed by atoms with van der Waals surface area (Å²) in [5, 5.41) is 14.8. The van der Waals surface area contributed by atoms with E-state index in [4.69, 9.17) is 0 Å². The number of aliphatic carboxylic acids is 1. The lowest BCUT2D eigenvalue weighted by molar-refractivity contribution is -0.153. The highest BCUT2D eigenvalue weighted by Crippen LogP contribution is 2.40. The molecule has 7 nitrogen and oxygen atoms in total. The van der Waals surface area contributed by atoms with Gasteiger partial charge in [0, 0.05) is 19.6 Å². The van der Waals surface area contributed by atoms with E-state index in [0.717, 1.165) is 19.3 Å². The summed E-state index contributed by atoms with van der Waals surface area (Å²) >= 11 is 0. The lowest BCUT2D eigenvalue weighted by Crippen LogP contribution is -2.55.